The zero-order valence-electron chi connectivity index (χ0n) is 21.7. The number of amides is 3. The maximum Gasteiger partial charge on any atom is 0.318 e. The summed E-state index contributed by atoms with van der Waals surface area (Å²) in [6, 6.07) is 8.13. The minimum atomic E-state index is -0.850. The van der Waals surface area contributed by atoms with Gasteiger partial charge in [0, 0.05) is 25.1 Å². The fourth-order valence-corrected chi connectivity index (χ4v) is 3.62. The van der Waals surface area contributed by atoms with Crippen molar-refractivity contribution in [2.45, 2.75) is 6.42 Å². The van der Waals surface area contributed by atoms with Gasteiger partial charge in [0.15, 0.2) is 5.13 Å². The van der Waals surface area contributed by atoms with Crippen molar-refractivity contribution in [1.29, 1.82) is 0 Å². The summed E-state index contributed by atoms with van der Waals surface area (Å²) in [6.45, 7) is -0.144. The summed E-state index contributed by atoms with van der Waals surface area (Å²) < 4.78 is 37.5. The first-order valence-electron chi connectivity index (χ1n) is 11.3. The molecule has 4 aromatic rings. The van der Waals surface area contributed by atoms with Crippen LogP contribution in [0, 0.1) is 11.6 Å². The van der Waals surface area contributed by atoms with Gasteiger partial charge in [-0.2, -0.15) is 4.98 Å². The average molecular weight is 593 g/mol. The lowest BCUT2D eigenvalue weighted by atomic mass is 10.1. The van der Waals surface area contributed by atoms with Crippen LogP contribution in [0.2, 0.25) is 0 Å². The molecule has 0 saturated heterocycles. The summed E-state index contributed by atoms with van der Waals surface area (Å²) in [5, 5.41) is 16.6. The Morgan fingerprint density at radius 2 is 1.90 bits per heavy atom. The molecule has 2 heterocycles. The second kappa shape index (κ2) is 15.4. The van der Waals surface area contributed by atoms with E-state index in [0.717, 1.165) is 17.6 Å². The number of aliphatic hydroxyl groups excluding tert-OH is 1. The predicted molar refractivity (Wildman–Crippen MR) is 147 cm³/mol. The van der Waals surface area contributed by atoms with Crippen LogP contribution >= 0.6 is 11.3 Å². The third kappa shape index (κ3) is 9.52. The van der Waals surface area contributed by atoms with E-state index < -0.39 is 23.6 Å². The number of methoxy groups -OCH3 is 1. The summed E-state index contributed by atoms with van der Waals surface area (Å²) in [5.74, 6) is -1.45. The normalized spacial score (nSPS) is 9.88. The maximum absolute atomic E-state index is 14.0. The lowest BCUT2D eigenvalue weighted by Crippen LogP contribution is -2.19. The van der Waals surface area contributed by atoms with E-state index in [1.165, 1.54) is 13.1 Å². The molecule has 0 fully saturated rings. The molecule has 0 radical (unpaired) electrons. The first kappa shape index (κ1) is 32.1. The molecule has 4 rings (SSSR count). The van der Waals surface area contributed by atoms with Gasteiger partial charge in [0.2, 0.25) is 11.7 Å². The molecule has 0 spiro atoms. The van der Waals surface area contributed by atoms with Gasteiger partial charge in [0.05, 0.1) is 25.0 Å². The molecule has 218 valence electrons. The lowest BCUT2D eigenvalue weighted by Gasteiger charge is -2.04. The van der Waals surface area contributed by atoms with Crippen molar-refractivity contribution in [2.75, 3.05) is 37.1 Å². The molecular weight excluding hydrogens is 566 g/mol. The van der Waals surface area contributed by atoms with Gasteiger partial charge in [-0.05, 0) is 18.2 Å². The van der Waals surface area contributed by atoms with Crippen LogP contribution in [0.25, 0.3) is 22.2 Å². The summed E-state index contributed by atoms with van der Waals surface area (Å²) in [4.78, 5) is 38.9. The van der Waals surface area contributed by atoms with Crippen LogP contribution < -0.4 is 32.6 Å². The lowest BCUT2D eigenvalue weighted by molar-refractivity contribution is -0.118. The van der Waals surface area contributed by atoms with Gasteiger partial charge in [0.25, 0.3) is 5.89 Å². The van der Waals surface area contributed by atoms with E-state index in [-0.39, 0.29) is 51.8 Å². The smallest absolute Gasteiger partial charge is 0.318 e. The van der Waals surface area contributed by atoms with Gasteiger partial charge in [-0.25, -0.2) is 18.6 Å². The Hall–Kier alpha value is -5.16. The van der Waals surface area contributed by atoms with E-state index in [0.29, 0.717) is 17.4 Å². The topological polar surface area (TPSA) is 235 Å². The molecule has 0 bridgehead atoms. The number of halogens is 2. The number of nitrogens with zero attached hydrogens (tertiary/aromatic N) is 3. The number of aldehydes is 1. The second-order valence-electron chi connectivity index (χ2n) is 7.54. The highest BCUT2D eigenvalue weighted by Crippen LogP contribution is 2.35. The van der Waals surface area contributed by atoms with Crippen LogP contribution in [0.4, 0.5) is 30.2 Å². The minimum absolute atomic E-state index is 0.0273. The number of nitrogens with two attached hydrogens (primary N) is 3. The maximum atomic E-state index is 14.0. The fourth-order valence-electron chi connectivity index (χ4n) is 2.81. The number of rotatable bonds is 8. The first-order chi connectivity index (χ1) is 19.5. The fraction of sp³-hybridized carbons (Fsp3) is 0.167. The number of carbonyl (C=O) groups is 3. The molecule has 0 aliphatic heterocycles. The summed E-state index contributed by atoms with van der Waals surface area (Å²) in [7, 11) is 3.07. The van der Waals surface area contributed by atoms with Gasteiger partial charge in [-0.1, -0.05) is 28.6 Å². The number of nitrogen functional groups attached to an aromatic ring is 1. The zero-order chi connectivity index (χ0) is 30.5. The number of carbonyl (C=O) groups excluding carboxylic acids is 3. The van der Waals surface area contributed by atoms with Gasteiger partial charge >= 0.3 is 6.03 Å². The van der Waals surface area contributed by atoms with E-state index in [4.69, 9.17) is 25.8 Å². The number of benzene rings is 2. The van der Waals surface area contributed by atoms with Crippen molar-refractivity contribution in [3.8, 4) is 27.9 Å². The van der Waals surface area contributed by atoms with E-state index >= 15 is 0 Å². The predicted octanol–water partition coefficient (Wildman–Crippen LogP) is 2.61. The zero-order valence-corrected chi connectivity index (χ0v) is 22.5. The quantitative estimate of drug-likeness (QED) is 0.163. The van der Waals surface area contributed by atoms with Crippen LogP contribution in [0.5, 0.6) is 5.75 Å². The van der Waals surface area contributed by atoms with Gasteiger partial charge in [-0.15, -0.1) is 0 Å². The SMILES string of the molecule is CNc1cc(-c2noc(-c3sc(NC(N)=O)nc3N)n2)c(F)cc1F.COc1cccc(C=O)c1.NC(=O)CCO. The molecule has 0 aliphatic carbocycles. The number of anilines is 3. The van der Waals surface area contributed by atoms with Gasteiger partial charge in [0.1, 0.15) is 34.4 Å². The van der Waals surface area contributed by atoms with Crippen LogP contribution in [-0.4, -0.2) is 59.2 Å². The standard InChI is InChI=1S/C13H11F2N7O2S.C8H8O2.C3H7NO2/c1-18-7-2-4(5(14)3-6(7)15)10-20-11(24-22-10)8-9(16)19-13(25-8)21-12(17)23;1-10-8-4-2-3-7(5-8)6-9;4-3(6)1-2-5/h2-3,18H,16H2,1H3,(H3,17,19,21,23);2-6H,1H3;5H,1-2H2,(H2,4,6). The molecule has 2 aromatic heterocycles. The number of nitrogens with one attached hydrogen (secondary N) is 2. The van der Waals surface area contributed by atoms with Crippen LogP contribution in [0.3, 0.4) is 0 Å². The molecule has 0 atom stereocenters. The molecule has 9 N–H and O–H groups in total. The Bertz CT molecular complexity index is 1500. The van der Waals surface area contributed by atoms with Crippen molar-refractivity contribution in [3.05, 3.63) is 53.6 Å². The molecule has 0 saturated carbocycles. The molecule has 17 heteroatoms. The molecule has 14 nitrogen and oxygen atoms in total. The second-order valence-corrected chi connectivity index (χ2v) is 8.54. The van der Waals surface area contributed by atoms with Gasteiger partial charge in [-0.3, -0.25) is 14.9 Å². The van der Waals surface area contributed by atoms with E-state index in [1.807, 2.05) is 0 Å². The van der Waals surface area contributed by atoms with Crippen LogP contribution in [0.1, 0.15) is 16.8 Å². The van der Waals surface area contributed by atoms with Gasteiger partial charge < -0.3 is 36.9 Å². The average Bonchev–Trinajstić information content (AvgIpc) is 3.55. The number of urea groups is 1. The number of aromatic nitrogens is 3. The Balaban J connectivity index is 0.000000301. The molecule has 41 heavy (non-hydrogen) atoms. The third-order valence-corrected chi connectivity index (χ3v) is 5.63. The molecule has 0 unspecified atom stereocenters. The van der Waals surface area contributed by atoms with E-state index in [1.54, 1.807) is 31.4 Å². The van der Waals surface area contributed by atoms with Crippen molar-refractivity contribution >= 4 is 46.2 Å². The van der Waals surface area contributed by atoms with Crippen LogP contribution in [0.15, 0.2) is 40.9 Å². The number of hydrogen-bond acceptors (Lipinski definition) is 12. The van der Waals surface area contributed by atoms with Crippen molar-refractivity contribution < 1.29 is 37.5 Å². The highest BCUT2D eigenvalue weighted by Gasteiger charge is 2.21. The monoisotopic (exact) mass is 592 g/mol. The Morgan fingerprint density at radius 1 is 1.17 bits per heavy atom. The molecule has 3 amide bonds. The van der Waals surface area contributed by atoms with Crippen LogP contribution in [-0.2, 0) is 4.79 Å². The highest BCUT2D eigenvalue weighted by molar-refractivity contribution is 7.19. The number of thiazole rings is 1. The van der Waals surface area contributed by atoms with Crippen molar-refractivity contribution in [1.82, 2.24) is 15.1 Å². The molecule has 2 aromatic carbocycles. The Labute approximate surface area is 235 Å². The van der Waals surface area contributed by atoms with E-state index in [2.05, 4.69) is 31.5 Å². The summed E-state index contributed by atoms with van der Waals surface area (Å²) >= 11 is 0.953. The van der Waals surface area contributed by atoms with Crippen molar-refractivity contribution in [3.63, 3.8) is 0 Å². The summed E-state index contributed by atoms with van der Waals surface area (Å²) in [5.41, 5.74) is 16.0. The molecule has 0 aliphatic rings. The largest absolute Gasteiger partial charge is 0.497 e. The first-order valence-corrected chi connectivity index (χ1v) is 12.2. The van der Waals surface area contributed by atoms with E-state index in [9.17, 15) is 23.2 Å². The number of hydrogen-bond donors (Lipinski definition) is 6. The molecular formula is C24H26F2N8O6S. The Kier molecular flexibility index (Phi) is 12.1. The summed E-state index contributed by atoms with van der Waals surface area (Å²) in [6.07, 6.45) is 0.864. The Morgan fingerprint density at radius 3 is 2.46 bits per heavy atom. The third-order valence-electron chi connectivity index (χ3n) is 4.66. The highest BCUT2D eigenvalue weighted by atomic mass is 32.1. The van der Waals surface area contributed by atoms with Crippen molar-refractivity contribution in [2.24, 2.45) is 11.5 Å². The number of primary amides is 2. The number of ether oxygens (including phenoxy) is 1. The number of aliphatic hydroxyl groups is 1. The minimum Gasteiger partial charge on any atom is -0.497 e.